The molecule has 0 aliphatic heterocycles. The average molecular weight is 326 g/mol. The number of carbonyl (C=O) groups is 2. The first kappa shape index (κ1) is 15.6. The number of aliphatic carboxylic acids is 1. The Bertz CT molecular complexity index is 609. The Morgan fingerprint density at radius 1 is 1.57 bits per heavy atom. The van der Waals surface area contributed by atoms with E-state index in [0.717, 1.165) is 0 Å². The van der Waals surface area contributed by atoms with E-state index in [0.29, 0.717) is 22.9 Å². The van der Waals surface area contributed by atoms with Gasteiger partial charge in [0.15, 0.2) is 10.8 Å². The smallest absolute Gasteiger partial charge is 0.326 e. The van der Waals surface area contributed by atoms with Crippen LogP contribution in [0.4, 0.5) is 0 Å². The summed E-state index contributed by atoms with van der Waals surface area (Å²) in [7, 11) is 0. The Balaban J connectivity index is 2.04. The highest BCUT2D eigenvalue weighted by Crippen LogP contribution is 2.23. The SMILES string of the molecule is CSCC[C@H](NC(=O)c1csc(-c2ccco2)n1)C(=O)O. The van der Waals surface area contributed by atoms with Crippen LogP contribution in [0.2, 0.25) is 0 Å². The molecule has 0 aliphatic rings. The van der Waals surface area contributed by atoms with E-state index in [2.05, 4.69) is 10.3 Å². The largest absolute Gasteiger partial charge is 0.480 e. The number of amides is 1. The molecule has 21 heavy (non-hydrogen) atoms. The quantitative estimate of drug-likeness (QED) is 0.811. The van der Waals surface area contributed by atoms with Crippen molar-refractivity contribution in [2.75, 3.05) is 12.0 Å². The van der Waals surface area contributed by atoms with Crippen molar-refractivity contribution in [3.8, 4) is 10.8 Å². The van der Waals surface area contributed by atoms with Crippen LogP contribution >= 0.6 is 23.1 Å². The van der Waals surface area contributed by atoms with E-state index in [-0.39, 0.29) is 5.69 Å². The summed E-state index contributed by atoms with van der Waals surface area (Å²) in [6.45, 7) is 0. The average Bonchev–Trinajstić information content (AvgIpc) is 3.12. The molecule has 0 unspecified atom stereocenters. The molecule has 0 saturated carbocycles. The first-order chi connectivity index (χ1) is 10.1. The molecule has 2 rings (SSSR count). The highest BCUT2D eigenvalue weighted by Gasteiger charge is 2.22. The second-order valence-corrected chi connectivity index (χ2v) is 6.00. The minimum atomic E-state index is -1.04. The lowest BCUT2D eigenvalue weighted by Crippen LogP contribution is -2.41. The lowest BCUT2D eigenvalue weighted by molar-refractivity contribution is -0.139. The second-order valence-electron chi connectivity index (χ2n) is 4.16. The van der Waals surface area contributed by atoms with Gasteiger partial charge in [0, 0.05) is 5.38 Å². The Morgan fingerprint density at radius 2 is 2.38 bits per heavy atom. The van der Waals surface area contributed by atoms with Gasteiger partial charge in [-0.25, -0.2) is 9.78 Å². The van der Waals surface area contributed by atoms with Crippen molar-refractivity contribution in [2.24, 2.45) is 0 Å². The van der Waals surface area contributed by atoms with Crippen LogP contribution in [0.5, 0.6) is 0 Å². The number of carboxylic acids is 1. The van der Waals surface area contributed by atoms with Gasteiger partial charge in [-0.15, -0.1) is 11.3 Å². The zero-order chi connectivity index (χ0) is 15.2. The van der Waals surface area contributed by atoms with Gasteiger partial charge in [-0.2, -0.15) is 11.8 Å². The number of hydrogen-bond donors (Lipinski definition) is 2. The van der Waals surface area contributed by atoms with Crippen molar-refractivity contribution < 1.29 is 19.1 Å². The molecule has 0 aliphatic carbocycles. The first-order valence-corrected chi connectivity index (χ1v) is 8.41. The lowest BCUT2D eigenvalue weighted by atomic mass is 10.2. The molecule has 112 valence electrons. The Kier molecular flexibility index (Phi) is 5.40. The number of thiazole rings is 1. The van der Waals surface area contributed by atoms with Gasteiger partial charge in [-0.3, -0.25) is 4.79 Å². The van der Waals surface area contributed by atoms with E-state index in [4.69, 9.17) is 9.52 Å². The van der Waals surface area contributed by atoms with Gasteiger partial charge < -0.3 is 14.8 Å². The fourth-order valence-corrected chi connectivity index (χ4v) is 2.85. The van der Waals surface area contributed by atoms with Crippen molar-refractivity contribution in [3.05, 3.63) is 29.5 Å². The number of thioether (sulfide) groups is 1. The molecule has 0 spiro atoms. The summed E-state index contributed by atoms with van der Waals surface area (Å²) in [5.74, 6) is -0.293. The van der Waals surface area contributed by atoms with Crippen LogP contribution in [0.1, 0.15) is 16.9 Å². The molecule has 2 aromatic heterocycles. The van der Waals surface area contributed by atoms with Gasteiger partial charge in [-0.1, -0.05) is 0 Å². The molecular weight excluding hydrogens is 312 g/mol. The fourth-order valence-electron chi connectivity index (χ4n) is 1.62. The minimum absolute atomic E-state index is 0.196. The summed E-state index contributed by atoms with van der Waals surface area (Å²) in [5.41, 5.74) is 0.196. The van der Waals surface area contributed by atoms with E-state index in [1.165, 1.54) is 29.4 Å². The standard InChI is InChI=1S/C13H14N2O4S2/c1-20-6-4-8(13(17)18)14-11(16)9-7-21-12(15-9)10-3-2-5-19-10/h2-3,5,7-8H,4,6H2,1H3,(H,14,16)(H,17,18)/t8-/m0/s1. The maximum Gasteiger partial charge on any atom is 0.326 e. The number of nitrogens with zero attached hydrogens (tertiary/aromatic N) is 1. The van der Waals surface area contributed by atoms with Crippen molar-refractivity contribution >= 4 is 35.0 Å². The van der Waals surface area contributed by atoms with E-state index in [9.17, 15) is 9.59 Å². The van der Waals surface area contributed by atoms with Crippen LogP contribution in [-0.4, -0.2) is 40.0 Å². The number of carbonyl (C=O) groups excluding carboxylic acids is 1. The maximum absolute atomic E-state index is 12.0. The predicted molar refractivity (Wildman–Crippen MR) is 81.7 cm³/mol. The van der Waals surface area contributed by atoms with Crippen molar-refractivity contribution in [1.29, 1.82) is 0 Å². The van der Waals surface area contributed by atoms with Crippen LogP contribution in [0.25, 0.3) is 10.8 Å². The Hall–Kier alpha value is -1.80. The van der Waals surface area contributed by atoms with E-state index in [1.54, 1.807) is 17.5 Å². The van der Waals surface area contributed by atoms with Gasteiger partial charge in [0.2, 0.25) is 0 Å². The molecular formula is C13H14N2O4S2. The summed E-state index contributed by atoms with van der Waals surface area (Å²) < 4.78 is 5.20. The normalized spacial score (nSPS) is 12.0. The van der Waals surface area contributed by atoms with Crippen molar-refractivity contribution in [1.82, 2.24) is 10.3 Å². The molecule has 0 saturated heterocycles. The number of rotatable bonds is 7. The highest BCUT2D eigenvalue weighted by atomic mass is 32.2. The zero-order valence-electron chi connectivity index (χ0n) is 11.2. The Labute approximate surface area is 129 Å². The second kappa shape index (κ2) is 7.28. The van der Waals surface area contributed by atoms with Gasteiger partial charge in [0.05, 0.1) is 6.26 Å². The van der Waals surface area contributed by atoms with Gasteiger partial charge in [0.1, 0.15) is 11.7 Å². The van der Waals surface area contributed by atoms with Crippen molar-refractivity contribution in [2.45, 2.75) is 12.5 Å². The summed E-state index contributed by atoms with van der Waals surface area (Å²) in [5, 5.41) is 13.8. The molecule has 0 fully saturated rings. The number of aromatic nitrogens is 1. The van der Waals surface area contributed by atoms with Crippen molar-refractivity contribution in [3.63, 3.8) is 0 Å². The third kappa shape index (κ3) is 4.08. The fraction of sp³-hybridized carbons (Fsp3) is 0.308. The molecule has 1 atom stereocenters. The lowest BCUT2D eigenvalue weighted by Gasteiger charge is -2.12. The topological polar surface area (TPSA) is 92.4 Å². The van der Waals surface area contributed by atoms with Gasteiger partial charge in [0.25, 0.3) is 5.91 Å². The summed E-state index contributed by atoms with van der Waals surface area (Å²) >= 11 is 2.80. The molecule has 1 amide bonds. The number of carboxylic acid groups (broad SMARTS) is 1. The molecule has 2 heterocycles. The van der Waals surface area contributed by atoms with Gasteiger partial charge >= 0.3 is 5.97 Å². The predicted octanol–water partition coefficient (Wildman–Crippen LogP) is 2.34. The van der Waals surface area contributed by atoms with Crippen LogP contribution in [0.3, 0.4) is 0 Å². The first-order valence-electron chi connectivity index (χ1n) is 6.14. The molecule has 2 N–H and O–H groups in total. The Morgan fingerprint density at radius 3 is 3.00 bits per heavy atom. The molecule has 0 radical (unpaired) electrons. The third-order valence-electron chi connectivity index (χ3n) is 2.68. The monoisotopic (exact) mass is 326 g/mol. The minimum Gasteiger partial charge on any atom is -0.480 e. The molecule has 8 heteroatoms. The van der Waals surface area contributed by atoms with Crippen LogP contribution in [0.15, 0.2) is 28.2 Å². The zero-order valence-corrected chi connectivity index (χ0v) is 12.9. The number of furan rings is 1. The molecule has 0 bridgehead atoms. The maximum atomic E-state index is 12.0. The molecule has 2 aromatic rings. The summed E-state index contributed by atoms with van der Waals surface area (Å²) in [6.07, 6.45) is 3.79. The van der Waals surface area contributed by atoms with Crippen LogP contribution in [-0.2, 0) is 4.79 Å². The van der Waals surface area contributed by atoms with Gasteiger partial charge in [-0.05, 0) is 30.6 Å². The summed E-state index contributed by atoms with van der Waals surface area (Å²) in [4.78, 5) is 27.3. The third-order valence-corrected chi connectivity index (χ3v) is 4.18. The number of hydrogen-bond acceptors (Lipinski definition) is 6. The van der Waals surface area contributed by atoms with Crippen LogP contribution < -0.4 is 5.32 Å². The summed E-state index contributed by atoms with van der Waals surface area (Å²) in [6, 6.07) is 2.58. The number of nitrogens with one attached hydrogen (secondary N) is 1. The molecule has 0 aromatic carbocycles. The van der Waals surface area contributed by atoms with E-state index in [1.807, 2.05) is 6.26 Å². The highest BCUT2D eigenvalue weighted by molar-refractivity contribution is 7.98. The molecule has 6 nitrogen and oxygen atoms in total. The van der Waals surface area contributed by atoms with E-state index < -0.39 is 17.9 Å². The van der Waals surface area contributed by atoms with E-state index >= 15 is 0 Å². The van der Waals surface area contributed by atoms with Crippen LogP contribution in [0, 0.1) is 0 Å².